The van der Waals surface area contributed by atoms with Gasteiger partial charge in [-0.25, -0.2) is 9.98 Å². The lowest BCUT2D eigenvalue weighted by Gasteiger charge is -2.20. The molecule has 0 radical (unpaired) electrons. The molecule has 0 atom stereocenters. The SMILES string of the molecule is C=NC(CNC(C)(C)C(=O)O)=N/C=C(\C)OCc1cccc(-c2ccccc2)c1. The van der Waals surface area contributed by atoms with E-state index in [2.05, 4.69) is 46.3 Å². The predicted octanol–water partition coefficient (Wildman–Crippen LogP) is 4.28. The minimum absolute atomic E-state index is 0.186. The Kier molecular flexibility index (Phi) is 7.86. The molecule has 0 unspecified atom stereocenters. The van der Waals surface area contributed by atoms with E-state index < -0.39 is 11.5 Å². The van der Waals surface area contributed by atoms with Crippen LogP contribution < -0.4 is 5.32 Å². The summed E-state index contributed by atoms with van der Waals surface area (Å²) in [6.07, 6.45) is 1.56. The van der Waals surface area contributed by atoms with E-state index in [1.807, 2.05) is 30.3 Å². The van der Waals surface area contributed by atoms with Crippen LogP contribution in [0.25, 0.3) is 11.1 Å². The molecule has 2 aromatic carbocycles. The van der Waals surface area contributed by atoms with Gasteiger partial charge in [-0.2, -0.15) is 0 Å². The van der Waals surface area contributed by atoms with Crippen LogP contribution in [-0.4, -0.2) is 35.7 Å². The first-order chi connectivity index (χ1) is 13.8. The number of carboxylic acid groups (broad SMARTS) is 1. The number of aliphatic carboxylic acids is 1. The van der Waals surface area contributed by atoms with E-state index in [1.165, 1.54) is 0 Å². The Hall–Kier alpha value is -3.25. The topological polar surface area (TPSA) is 83.3 Å². The van der Waals surface area contributed by atoms with Gasteiger partial charge in [0.25, 0.3) is 0 Å². The maximum absolute atomic E-state index is 11.1. The van der Waals surface area contributed by atoms with Gasteiger partial charge in [0.1, 0.15) is 23.7 Å². The first-order valence-electron chi connectivity index (χ1n) is 9.27. The molecule has 2 rings (SSSR count). The molecular weight excluding hydrogens is 366 g/mol. The van der Waals surface area contributed by atoms with Crippen molar-refractivity contribution >= 4 is 18.5 Å². The van der Waals surface area contributed by atoms with Gasteiger partial charge in [0, 0.05) is 0 Å². The van der Waals surface area contributed by atoms with E-state index >= 15 is 0 Å². The molecule has 0 bridgehead atoms. The fraction of sp³-hybridized carbons (Fsp3) is 0.261. The normalized spacial score (nSPS) is 12.5. The summed E-state index contributed by atoms with van der Waals surface area (Å²) in [6.45, 7) is 9.03. The van der Waals surface area contributed by atoms with Crippen molar-refractivity contribution < 1.29 is 14.6 Å². The molecule has 0 fully saturated rings. The number of amidine groups is 1. The summed E-state index contributed by atoms with van der Waals surface area (Å²) in [4.78, 5) is 19.2. The second-order valence-electron chi connectivity index (χ2n) is 7.08. The maximum Gasteiger partial charge on any atom is 0.323 e. The minimum Gasteiger partial charge on any atom is -0.492 e. The summed E-state index contributed by atoms with van der Waals surface area (Å²) in [5, 5.41) is 12.0. The zero-order valence-electron chi connectivity index (χ0n) is 17.1. The molecule has 29 heavy (non-hydrogen) atoms. The first-order valence-corrected chi connectivity index (χ1v) is 9.27. The smallest absolute Gasteiger partial charge is 0.323 e. The second-order valence-corrected chi connectivity index (χ2v) is 7.08. The van der Waals surface area contributed by atoms with Crippen molar-refractivity contribution in [3.05, 3.63) is 72.1 Å². The number of nitrogens with one attached hydrogen (secondary N) is 1. The highest BCUT2D eigenvalue weighted by molar-refractivity contribution is 5.89. The molecule has 0 aliphatic carbocycles. The predicted molar refractivity (Wildman–Crippen MR) is 117 cm³/mol. The van der Waals surface area contributed by atoms with Crippen molar-refractivity contribution in [3.63, 3.8) is 0 Å². The summed E-state index contributed by atoms with van der Waals surface area (Å²) in [7, 11) is 0. The molecule has 0 heterocycles. The molecule has 0 saturated heterocycles. The van der Waals surface area contributed by atoms with E-state index in [4.69, 9.17) is 9.84 Å². The van der Waals surface area contributed by atoms with Crippen LogP contribution in [0.2, 0.25) is 0 Å². The van der Waals surface area contributed by atoms with Crippen LogP contribution in [-0.2, 0) is 16.1 Å². The lowest BCUT2D eigenvalue weighted by molar-refractivity contribution is -0.143. The third-order valence-corrected chi connectivity index (χ3v) is 4.30. The number of hydrogen-bond donors (Lipinski definition) is 2. The van der Waals surface area contributed by atoms with Crippen molar-refractivity contribution in [1.82, 2.24) is 5.32 Å². The van der Waals surface area contributed by atoms with Gasteiger partial charge in [-0.3, -0.25) is 10.1 Å². The van der Waals surface area contributed by atoms with Gasteiger partial charge in [0.2, 0.25) is 0 Å². The molecule has 0 amide bonds. The number of hydrogen-bond acceptors (Lipinski definition) is 4. The minimum atomic E-state index is -1.08. The average molecular weight is 393 g/mol. The number of nitrogens with zero attached hydrogens (tertiary/aromatic N) is 2. The van der Waals surface area contributed by atoms with Gasteiger partial charge in [-0.15, -0.1) is 0 Å². The van der Waals surface area contributed by atoms with Crippen LogP contribution in [0.5, 0.6) is 0 Å². The van der Waals surface area contributed by atoms with Gasteiger partial charge in [-0.05, 0) is 50.2 Å². The lowest BCUT2D eigenvalue weighted by Crippen LogP contribution is -2.48. The molecular formula is C23H27N3O3. The van der Waals surface area contributed by atoms with Gasteiger partial charge in [0.15, 0.2) is 0 Å². The molecule has 0 aliphatic heterocycles. The van der Waals surface area contributed by atoms with Crippen LogP contribution >= 0.6 is 0 Å². The van der Waals surface area contributed by atoms with Crippen LogP contribution in [0.15, 0.2) is 76.5 Å². The van der Waals surface area contributed by atoms with Crippen LogP contribution in [0.4, 0.5) is 0 Å². The molecule has 152 valence electrons. The fourth-order valence-electron chi connectivity index (χ4n) is 2.39. The largest absolute Gasteiger partial charge is 0.492 e. The summed E-state index contributed by atoms with van der Waals surface area (Å²) in [6, 6.07) is 18.4. The molecule has 0 aliphatic rings. The van der Waals surface area contributed by atoms with E-state index in [0.717, 1.165) is 16.7 Å². The highest BCUT2D eigenvalue weighted by Crippen LogP contribution is 2.20. The monoisotopic (exact) mass is 393 g/mol. The highest BCUT2D eigenvalue weighted by Gasteiger charge is 2.26. The van der Waals surface area contributed by atoms with Gasteiger partial charge >= 0.3 is 5.97 Å². The van der Waals surface area contributed by atoms with E-state index in [0.29, 0.717) is 18.2 Å². The van der Waals surface area contributed by atoms with Crippen LogP contribution in [0.1, 0.15) is 26.3 Å². The third kappa shape index (κ3) is 7.01. The summed E-state index contributed by atoms with van der Waals surface area (Å²) in [5.74, 6) is 0.0517. The number of rotatable bonds is 9. The van der Waals surface area contributed by atoms with Crippen molar-refractivity contribution in [1.29, 1.82) is 0 Å². The number of carboxylic acids is 1. The van der Waals surface area contributed by atoms with E-state index in [1.54, 1.807) is 27.0 Å². The number of ether oxygens (including phenoxy) is 1. The van der Waals surface area contributed by atoms with Crippen molar-refractivity contribution in [2.45, 2.75) is 32.9 Å². The molecule has 0 aromatic heterocycles. The maximum atomic E-state index is 11.1. The Balaban J connectivity index is 1.96. The summed E-state index contributed by atoms with van der Waals surface area (Å²) < 4.78 is 5.77. The Labute approximate surface area is 171 Å². The zero-order chi connectivity index (χ0) is 21.3. The van der Waals surface area contributed by atoms with E-state index in [9.17, 15) is 4.79 Å². The third-order valence-electron chi connectivity index (χ3n) is 4.30. The number of benzene rings is 2. The van der Waals surface area contributed by atoms with Crippen molar-refractivity contribution in [2.24, 2.45) is 9.98 Å². The highest BCUT2D eigenvalue weighted by atomic mass is 16.5. The molecule has 0 spiro atoms. The van der Waals surface area contributed by atoms with Crippen molar-refractivity contribution in [2.75, 3.05) is 6.54 Å². The zero-order valence-corrected chi connectivity index (χ0v) is 17.1. The molecule has 6 nitrogen and oxygen atoms in total. The molecule has 2 aromatic rings. The molecule has 2 N–H and O–H groups in total. The standard InChI is InChI=1S/C23H27N3O3/c1-17(14-25-21(24-4)15-26-23(2,3)22(27)28)29-16-18-9-8-12-20(13-18)19-10-6-5-7-11-19/h5-14,26H,4,15-16H2,1-3H3,(H,27,28)/b17-14+,25-21?. The lowest BCUT2D eigenvalue weighted by atomic mass is 10.0. The van der Waals surface area contributed by atoms with E-state index in [-0.39, 0.29) is 6.54 Å². The van der Waals surface area contributed by atoms with Gasteiger partial charge in [-0.1, -0.05) is 48.5 Å². The Morgan fingerprint density at radius 1 is 1.17 bits per heavy atom. The van der Waals surface area contributed by atoms with Gasteiger partial charge in [0.05, 0.1) is 12.7 Å². The summed E-state index contributed by atoms with van der Waals surface area (Å²) >= 11 is 0. The summed E-state index contributed by atoms with van der Waals surface area (Å²) in [5.41, 5.74) is 2.26. The average Bonchev–Trinajstić information content (AvgIpc) is 2.73. The fourth-order valence-corrected chi connectivity index (χ4v) is 2.39. The molecule has 6 heteroatoms. The van der Waals surface area contributed by atoms with Crippen molar-refractivity contribution in [3.8, 4) is 11.1 Å². The van der Waals surface area contributed by atoms with Gasteiger partial charge < -0.3 is 9.84 Å². The van der Waals surface area contributed by atoms with Crippen LogP contribution in [0.3, 0.4) is 0 Å². The Morgan fingerprint density at radius 3 is 2.52 bits per heavy atom. The quantitative estimate of drug-likeness (QED) is 0.378. The Bertz CT molecular complexity index is 903. The second kappa shape index (κ2) is 10.3. The number of allylic oxidation sites excluding steroid dienone is 1. The molecule has 0 saturated carbocycles. The number of aliphatic imine (C=N–C) groups is 2. The number of carbonyl (C=O) groups is 1. The first kappa shape index (κ1) is 22.0. The Morgan fingerprint density at radius 2 is 1.86 bits per heavy atom. The van der Waals surface area contributed by atoms with Crippen LogP contribution in [0, 0.1) is 0 Å².